The summed E-state index contributed by atoms with van der Waals surface area (Å²) >= 11 is 0. The number of nitriles is 1. The fourth-order valence-corrected chi connectivity index (χ4v) is 4.14. The number of nitro benzene ring substituents is 1. The molecule has 4 aromatic rings. The van der Waals surface area contributed by atoms with Gasteiger partial charge in [-0.3, -0.25) is 24.1 Å². The van der Waals surface area contributed by atoms with E-state index < -0.39 is 10.8 Å². The Labute approximate surface area is 217 Å². The first-order chi connectivity index (χ1) is 18.1. The first kappa shape index (κ1) is 26.4. The van der Waals surface area contributed by atoms with E-state index in [9.17, 15) is 25.0 Å². The van der Waals surface area contributed by atoms with E-state index in [0.29, 0.717) is 24.2 Å². The second-order valence-electron chi connectivity index (χ2n) is 9.13. The van der Waals surface area contributed by atoms with Gasteiger partial charge >= 0.3 is 0 Å². The first-order valence-corrected chi connectivity index (χ1v) is 12.0. The molecule has 1 aromatic carbocycles. The fourth-order valence-electron chi connectivity index (χ4n) is 4.14. The third kappa shape index (κ3) is 5.07. The van der Waals surface area contributed by atoms with E-state index >= 15 is 0 Å². The number of ether oxygens (including phenoxy) is 1. The lowest BCUT2D eigenvalue weighted by Gasteiger charge is -2.15. The summed E-state index contributed by atoms with van der Waals surface area (Å²) in [5, 5.41) is 21.5. The molecular weight excluding hydrogens is 488 g/mol. The van der Waals surface area contributed by atoms with Crippen LogP contribution in [0.1, 0.15) is 47.3 Å². The summed E-state index contributed by atoms with van der Waals surface area (Å²) in [6.45, 7) is 7.88. The molecule has 0 N–H and O–H groups in total. The van der Waals surface area contributed by atoms with Gasteiger partial charge in [-0.15, -0.1) is 0 Å². The van der Waals surface area contributed by atoms with E-state index in [-0.39, 0.29) is 51.5 Å². The number of aryl methyl sites for hydroxylation is 3. The third-order valence-corrected chi connectivity index (χ3v) is 6.06. The molecule has 0 aliphatic rings. The molecule has 3 heterocycles. The Morgan fingerprint density at radius 3 is 2.66 bits per heavy atom. The van der Waals surface area contributed by atoms with Gasteiger partial charge in [0.25, 0.3) is 17.2 Å². The highest BCUT2D eigenvalue weighted by Gasteiger charge is 2.18. The van der Waals surface area contributed by atoms with Gasteiger partial charge in [-0.05, 0) is 57.9 Å². The Hall–Kier alpha value is -4.69. The lowest BCUT2D eigenvalue weighted by molar-refractivity contribution is -0.385. The largest absolute Gasteiger partial charge is 0.379 e. The zero-order valence-corrected chi connectivity index (χ0v) is 21.5. The lowest BCUT2D eigenvalue weighted by Crippen LogP contribution is -2.30. The molecule has 3 aromatic heterocycles. The van der Waals surface area contributed by atoms with Crippen molar-refractivity contribution < 1.29 is 14.5 Å². The summed E-state index contributed by atoms with van der Waals surface area (Å²) in [5.41, 5.74) is 1.34. The minimum Gasteiger partial charge on any atom is -0.379 e. The molecule has 11 heteroatoms. The lowest BCUT2D eigenvalue weighted by atomic mass is 10.1. The number of rotatable bonds is 7. The molecule has 38 heavy (non-hydrogen) atoms. The van der Waals surface area contributed by atoms with Crippen LogP contribution < -0.4 is 11.0 Å². The average Bonchev–Trinajstić information content (AvgIpc) is 2.88. The number of benzene rings is 1. The number of nitro groups is 1. The number of nitrogens with zero attached hydrogens (tertiary/aromatic N) is 6. The quantitative estimate of drug-likeness (QED) is 0.158. The van der Waals surface area contributed by atoms with Crippen molar-refractivity contribution in [3.8, 4) is 6.07 Å². The number of hydrogen-bond donors (Lipinski definition) is 0. The van der Waals surface area contributed by atoms with Gasteiger partial charge in [-0.1, -0.05) is 12.1 Å². The molecule has 0 aliphatic heterocycles. The number of fused-ring (bicyclic) bond motifs is 2. The van der Waals surface area contributed by atoms with Gasteiger partial charge in [0.1, 0.15) is 17.4 Å². The zero-order valence-electron chi connectivity index (χ0n) is 21.5. The third-order valence-electron chi connectivity index (χ3n) is 6.06. The van der Waals surface area contributed by atoms with E-state index in [1.807, 2.05) is 32.9 Å². The molecular formula is C27H26N6O5. The highest BCUT2D eigenvalue weighted by atomic mass is 16.6. The zero-order chi connectivity index (χ0) is 27.6. The van der Waals surface area contributed by atoms with Crippen LogP contribution in [0.15, 0.2) is 52.4 Å². The summed E-state index contributed by atoms with van der Waals surface area (Å²) < 4.78 is 8.65. The van der Waals surface area contributed by atoms with Crippen LogP contribution in [0.4, 0.5) is 5.69 Å². The topological polar surface area (TPSA) is 145 Å². The maximum Gasteiger partial charge on any atom is 0.279 e. The van der Waals surface area contributed by atoms with Crippen LogP contribution in [0, 0.1) is 35.3 Å². The predicted molar refractivity (Wildman–Crippen MR) is 140 cm³/mol. The molecule has 0 saturated heterocycles. The maximum atomic E-state index is 13.4. The maximum absolute atomic E-state index is 13.4. The van der Waals surface area contributed by atoms with E-state index in [0.717, 1.165) is 11.6 Å². The fraction of sp³-hybridized carbons (Fsp3) is 0.296. The average molecular weight is 515 g/mol. The molecule has 194 valence electrons. The SMILES string of the molecule is Cc1ccc(C(=O)N=c2c(C#N)cc3c(=O)n4cccc(C)c4nc3n2CCCOC(C)C)cc1[N+](=O)[O-]. The number of hydrogen-bond acceptors (Lipinski definition) is 7. The van der Waals surface area contributed by atoms with Gasteiger partial charge < -0.3 is 9.30 Å². The Balaban J connectivity index is 2.00. The number of carbonyl (C=O) groups is 1. The minimum atomic E-state index is -0.759. The molecule has 0 aliphatic carbocycles. The molecule has 0 unspecified atom stereocenters. The summed E-state index contributed by atoms with van der Waals surface area (Å²) in [7, 11) is 0. The van der Waals surface area contributed by atoms with Gasteiger partial charge in [-0.2, -0.15) is 10.3 Å². The van der Waals surface area contributed by atoms with Crippen molar-refractivity contribution >= 4 is 28.3 Å². The number of pyridine rings is 2. The molecule has 0 bridgehead atoms. The number of carbonyl (C=O) groups excluding carboxylic acids is 1. The Bertz CT molecular complexity index is 1760. The van der Waals surface area contributed by atoms with Gasteiger partial charge in [0.2, 0.25) is 0 Å². The molecule has 0 saturated carbocycles. The van der Waals surface area contributed by atoms with Gasteiger partial charge in [0, 0.05) is 36.5 Å². The number of aromatic nitrogens is 3. The van der Waals surface area contributed by atoms with Crippen molar-refractivity contribution in [2.24, 2.45) is 4.99 Å². The monoisotopic (exact) mass is 514 g/mol. The second kappa shape index (κ2) is 10.7. The highest BCUT2D eigenvalue weighted by molar-refractivity contribution is 5.96. The van der Waals surface area contributed by atoms with Crippen LogP contribution in [0.5, 0.6) is 0 Å². The summed E-state index contributed by atoms with van der Waals surface area (Å²) in [4.78, 5) is 46.3. The van der Waals surface area contributed by atoms with E-state index in [2.05, 4.69) is 4.99 Å². The van der Waals surface area contributed by atoms with Crippen molar-refractivity contribution in [2.75, 3.05) is 6.61 Å². The van der Waals surface area contributed by atoms with Crippen molar-refractivity contribution in [1.82, 2.24) is 14.0 Å². The summed E-state index contributed by atoms with van der Waals surface area (Å²) in [5.74, 6) is -0.759. The molecule has 0 spiro atoms. The first-order valence-electron chi connectivity index (χ1n) is 12.0. The van der Waals surface area contributed by atoms with Gasteiger partial charge in [0.15, 0.2) is 5.49 Å². The molecule has 1 amide bonds. The molecule has 0 radical (unpaired) electrons. The van der Waals surface area contributed by atoms with Crippen molar-refractivity contribution in [2.45, 2.75) is 46.8 Å². The minimum absolute atomic E-state index is 0.00311. The standard InChI is InChI=1S/C27H26N6O5/c1-16(2)38-12-6-11-31-24(30-26(34)19-9-8-17(3)22(14-19)33(36)37)20(15-28)13-21-25(31)29-23-18(4)7-5-10-32(23)27(21)35/h5,7-10,13-14,16H,6,11-12H2,1-4H3. The predicted octanol–water partition coefficient (Wildman–Crippen LogP) is 3.60. The molecule has 0 atom stereocenters. The summed E-state index contributed by atoms with van der Waals surface area (Å²) in [6.07, 6.45) is 2.12. The Kier molecular flexibility index (Phi) is 7.45. The Morgan fingerprint density at radius 2 is 1.97 bits per heavy atom. The second-order valence-corrected chi connectivity index (χ2v) is 9.13. The molecule has 0 fully saturated rings. The smallest absolute Gasteiger partial charge is 0.279 e. The Morgan fingerprint density at radius 1 is 1.21 bits per heavy atom. The van der Waals surface area contributed by atoms with Gasteiger partial charge in [-0.25, -0.2) is 4.98 Å². The van der Waals surface area contributed by atoms with Crippen LogP contribution in [-0.4, -0.2) is 37.5 Å². The van der Waals surface area contributed by atoms with E-state index in [4.69, 9.17) is 9.72 Å². The highest BCUT2D eigenvalue weighted by Crippen LogP contribution is 2.20. The molecule has 4 rings (SSSR count). The van der Waals surface area contributed by atoms with Crippen LogP contribution >= 0.6 is 0 Å². The van der Waals surface area contributed by atoms with Crippen molar-refractivity contribution in [1.29, 1.82) is 5.26 Å². The van der Waals surface area contributed by atoms with Gasteiger partial charge in [0.05, 0.1) is 22.0 Å². The van der Waals surface area contributed by atoms with Crippen LogP contribution in [0.2, 0.25) is 0 Å². The van der Waals surface area contributed by atoms with Crippen molar-refractivity contribution in [3.63, 3.8) is 0 Å². The van der Waals surface area contributed by atoms with Crippen LogP contribution in [0.3, 0.4) is 0 Å². The van der Waals surface area contributed by atoms with E-state index in [1.54, 1.807) is 23.8 Å². The summed E-state index contributed by atoms with van der Waals surface area (Å²) in [6, 6.07) is 11.1. The van der Waals surface area contributed by atoms with Crippen LogP contribution in [0.25, 0.3) is 16.7 Å². The number of amides is 1. The molecule has 11 nitrogen and oxygen atoms in total. The van der Waals surface area contributed by atoms with Crippen molar-refractivity contribution in [3.05, 3.63) is 90.8 Å². The van der Waals surface area contributed by atoms with E-state index in [1.165, 1.54) is 22.6 Å². The normalized spacial score (nSPS) is 11.8. The van der Waals surface area contributed by atoms with Crippen LogP contribution in [-0.2, 0) is 11.3 Å².